The maximum Gasteiger partial charge on any atom is 0.305 e. The molecule has 0 saturated carbocycles. The van der Waals surface area contributed by atoms with Crippen molar-refractivity contribution in [3.8, 4) is 0 Å². The summed E-state index contributed by atoms with van der Waals surface area (Å²) in [5, 5.41) is 13.9. The number of aryl methyl sites for hydroxylation is 2. The molecule has 21 heavy (non-hydrogen) atoms. The van der Waals surface area contributed by atoms with E-state index in [9.17, 15) is 14.5 Å². The lowest BCUT2D eigenvalue weighted by Crippen LogP contribution is -2.13. The van der Waals surface area contributed by atoms with E-state index in [1.165, 1.54) is 40.3 Å². The highest BCUT2D eigenvalue weighted by molar-refractivity contribution is 7.12. The van der Waals surface area contributed by atoms with E-state index in [0.717, 1.165) is 6.42 Å². The zero-order chi connectivity index (χ0) is 14.8. The van der Waals surface area contributed by atoms with E-state index in [2.05, 4.69) is 11.4 Å². The Morgan fingerprint density at radius 2 is 2.19 bits per heavy atom. The van der Waals surface area contributed by atoms with Crippen LogP contribution in [0, 0.1) is 15.9 Å². The second-order valence-electron chi connectivity index (χ2n) is 5.13. The number of hydrogen-bond donors (Lipinski definition) is 1. The van der Waals surface area contributed by atoms with E-state index in [1.807, 2.05) is 0 Å². The number of nitro benzene ring substituents is 1. The van der Waals surface area contributed by atoms with Crippen LogP contribution in [-0.4, -0.2) is 4.92 Å². The van der Waals surface area contributed by atoms with Crippen molar-refractivity contribution in [1.82, 2.24) is 5.32 Å². The molecule has 0 fully saturated rings. The van der Waals surface area contributed by atoms with Gasteiger partial charge < -0.3 is 5.32 Å². The average Bonchev–Trinajstić information content (AvgIpc) is 3.01. The highest BCUT2D eigenvalue weighted by atomic mass is 32.1. The van der Waals surface area contributed by atoms with Crippen LogP contribution in [0.4, 0.5) is 10.1 Å². The first-order valence-corrected chi connectivity index (χ1v) is 7.70. The Kier molecular flexibility index (Phi) is 3.98. The molecular formula is C15H15FN2O2S. The maximum absolute atomic E-state index is 13.9. The number of halogens is 1. The summed E-state index contributed by atoms with van der Waals surface area (Å²) in [5.41, 5.74) is 1.30. The van der Waals surface area contributed by atoms with Gasteiger partial charge in [0.1, 0.15) is 0 Å². The van der Waals surface area contributed by atoms with Crippen molar-refractivity contribution in [3.05, 3.63) is 61.1 Å². The van der Waals surface area contributed by atoms with E-state index in [0.29, 0.717) is 12.1 Å². The molecule has 1 aromatic heterocycles. The number of fused-ring (bicyclic) bond motifs is 1. The molecule has 2 aromatic rings. The molecule has 1 N–H and O–H groups in total. The molecule has 0 atom stereocenters. The number of nitrogens with one attached hydrogen (secondary N) is 1. The summed E-state index contributed by atoms with van der Waals surface area (Å²) in [6.07, 6.45) is 3.57. The normalized spacial score (nSPS) is 13.4. The number of thiophene rings is 1. The predicted molar refractivity (Wildman–Crippen MR) is 79.9 cm³/mol. The molecule has 0 radical (unpaired) electrons. The summed E-state index contributed by atoms with van der Waals surface area (Å²) in [6, 6.07) is 6.48. The monoisotopic (exact) mass is 306 g/mol. The molecule has 0 spiro atoms. The molecule has 0 bridgehead atoms. The summed E-state index contributed by atoms with van der Waals surface area (Å²) < 4.78 is 13.9. The Bertz CT molecular complexity index is 663. The fourth-order valence-electron chi connectivity index (χ4n) is 2.64. The van der Waals surface area contributed by atoms with Gasteiger partial charge in [-0.25, -0.2) is 0 Å². The minimum Gasteiger partial charge on any atom is -0.308 e. The lowest BCUT2D eigenvalue weighted by atomic mass is 10.2. The van der Waals surface area contributed by atoms with Gasteiger partial charge in [0.2, 0.25) is 5.82 Å². The average molecular weight is 306 g/mol. The Morgan fingerprint density at radius 3 is 2.95 bits per heavy atom. The minimum absolute atomic E-state index is 0.288. The van der Waals surface area contributed by atoms with Gasteiger partial charge in [-0.3, -0.25) is 10.1 Å². The molecule has 0 aliphatic heterocycles. The molecule has 1 aliphatic rings. The van der Waals surface area contributed by atoms with Gasteiger partial charge in [0.05, 0.1) is 4.92 Å². The number of nitro groups is 1. The van der Waals surface area contributed by atoms with Crippen LogP contribution in [0.15, 0.2) is 24.3 Å². The lowest BCUT2D eigenvalue weighted by molar-refractivity contribution is -0.387. The van der Waals surface area contributed by atoms with Gasteiger partial charge in [0.25, 0.3) is 0 Å². The Hall–Kier alpha value is -1.79. The number of nitrogens with zero attached hydrogens (tertiary/aromatic N) is 1. The Balaban J connectivity index is 1.62. The lowest BCUT2D eigenvalue weighted by Gasteiger charge is -2.05. The zero-order valence-electron chi connectivity index (χ0n) is 11.4. The van der Waals surface area contributed by atoms with E-state index < -0.39 is 16.4 Å². The van der Waals surface area contributed by atoms with Crippen molar-refractivity contribution in [3.63, 3.8) is 0 Å². The quantitative estimate of drug-likeness (QED) is 0.678. The van der Waals surface area contributed by atoms with Crippen molar-refractivity contribution in [2.75, 3.05) is 0 Å². The molecule has 0 saturated heterocycles. The van der Waals surface area contributed by atoms with Gasteiger partial charge in [0, 0.05) is 34.5 Å². The van der Waals surface area contributed by atoms with Crippen LogP contribution >= 0.6 is 11.3 Å². The fraction of sp³-hybridized carbons (Fsp3) is 0.333. The molecule has 4 nitrogen and oxygen atoms in total. The molecule has 1 aliphatic carbocycles. The van der Waals surface area contributed by atoms with Crippen molar-refractivity contribution in [2.24, 2.45) is 0 Å². The topological polar surface area (TPSA) is 55.2 Å². The van der Waals surface area contributed by atoms with Gasteiger partial charge >= 0.3 is 5.69 Å². The molecule has 6 heteroatoms. The van der Waals surface area contributed by atoms with Crippen molar-refractivity contribution in [1.29, 1.82) is 0 Å². The highest BCUT2D eigenvalue weighted by Crippen LogP contribution is 2.30. The number of benzene rings is 1. The molecule has 1 aromatic carbocycles. The first-order valence-electron chi connectivity index (χ1n) is 6.88. The summed E-state index contributed by atoms with van der Waals surface area (Å²) in [6.45, 7) is 0.954. The van der Waals surface area contributed by atoms with Gasteiger partial charge in [-0.15, -0.1) is 11.3 Å². The van der Waals surface area contributed by atoms with Crippen molar-refractivity contribution in [2.45, 2.75) is 32.4 Å². The smallest absolute Gasteiger partial charge is 0.305 e. The third kappa shape index (κ3) is 2.96. The molecule has 110 valence electrons. The summed E-state index contributed by atoms with van der Waals surface area (Å²) in [5.74, 6) is -0.747. The van der Waals surface area contributed by atoms with Gasteiger partial charge in [0.15, 0.2) is 0 Å². The maximum atomic E-state index is 13.9. The highest BCUT2D eigenvalue weighted by Gasteiger charge is 2.17. The number of rotatable bonds is 5. The van der Waals surface area contributed by atoms with E-state index >= 15 is 0 Å². The van der Waals surface area contributed by atoms with Gasteiger partial charge in [-0.2, -0.15) is 4.39 Å². The predicted octanol–water partition coefficient (Wildman–Crippen LogP) is 3.57. The molecule has 3 rings (SSSR count). The van der Waals surface area contributed by atoms with Crippen LogP contribution in [-0.2, 0) is 25.9 Å². The van der Waals surface area contributed by atoms with Gasteiger partial charge in [-0.1, -0.05) is 12.1 Å². The van der Waals surface area contributed by atoms with Crippen LogP contribution in [0.5, 0.6) is 0 Å². The van der Waals surface area contributed by atoms with Crippen molar-refractivity contribution >= 4 is 17.0 Å². The minimum atomic E-state index is -0.747. The zero-order valence-corrected chi connectivity index (χ0v) is 12.2. The molecule has 1 heterocycles. The van der Waals surface area contributed by atoms with Crippen LogP contribution < -0.4 is 5.32 Å². The molecule has 0 amide bonds. The van der Waals surface area contributed by atoms with Crippen molar-refractivity contribution < 1.29 is 9.31 Å². The standard InChI is InChI=1S/C15H15FN2O2S/c16-15-11(4-1-5-13(15)18(19)20)8-17-9-12-7-10-3-2-6-14(10)21-12/h1,4-5,7,17H,2-3,6,8-9H2. The summed E-state index contributed by atoms with van der Waals surface area (Å²) in [4.78, 5) is 12.7. The Morgan fingerprint density at radius 1 is 1.33 bits per heavy atom. The fourth-order valence-corrected chi connectivity index (χ4v) is 3.87. The second-order valence-corrected chi connectivity index (χ2v) is 6.35. The summed E-state index contributed by atoms with van der Waals surface area (Å²) in [7, 11) is 0. The van der Waals surface area contributed by atoms with E-state index in [1.54, 1.807) is 17.4 Å². The van der Waals surface area contributed by atoms with Gasteiger partial charge in [-0.05, 0) is 30.9 Å². The number of hydrogen-bond acceptors (Lipinski definition) is 4. The van der Waals surface area contributed by atoms with E-state index in [-0.39, 0.29) is 6.54 Å². The molecular weight excluding hydrogens is 291 g/mol. The third-order valence-electron chi connectivity index (χ3n) is 3.67. The van der Waals surface area contributed by atoms with Crippen LogP contribution in [0.25, 0.3) is 0 Å². The largest absolute Gasteiger partial charge is 0.308 e. The van der Waals surface area contributed by atoms with E-state index in [4.69, 9.17) is 0 Å². The molecule has 0 unspecified atom stereocenters. The van der Waals surface area contributed by atoms with Crippen LogP contribution in [0.1, 0.15) is 27.3 Å². The van der Waals surface area contributed by atoms with Crippen LogP contribution in [0.2, 0.25) is 0 Å². The first-order chi connectivity index (χ1) is 10.1. The third-order valence-corrected chi connectivity index (χ3v) is 4.90. The summed E-state index contributed by atoms with van der Waals surface area (Å²) >= 11 is 1.80. The Labute approximate surface area is 125 Å². The van der Waals surface area contributed by atoms with Crippen LogP contribution in [0.3, 0.4) is 0 Å². The second kappa shape index (κ2) is 5.91. The SMILES string of the molecule is O=[N+]([O-])c1cccc(CNCc2cc3c(s2)CCC3)c1F. The first kappa shape index (κ1) is 14.2.